The van der Waals surface area contributed by atoms with Gasteiger partial charge in [0.2, 0.25) is 0 Å². The lowest BCUT2D eigenvalue weighted by Gasteiger charge is -2.16. The van der Waals surface area contributed by atoms with E-state index in [0.29, 0.717) is 22.2 Å². The van der Waals surface area contributed by atoms with Crippen molar-refractivity contribution in [1.82, 2.24) is 15.4 Å². The fourth-order valence-electron chi connectivity index (χ4n) is 1.72. The summed E-state index contributed by atoms with van der Waals surface area (Å²) in [4.78, 5) is 8.34. The second kappa shape index (κ2) is 6.63. The molecule has 0 radical (unpaired) electrons. The first-order valence-corrected chi connectivity index (χ1v) is 7.01. The third-order valence-corrected chi connectivity index (χ3v) is 3.51. The molecule has 0 bridgehead atoms. The molecule has 7 heteroatoms. The number of hydrogen-bond acceptors (Lipinski definition) is 4. The molecule has 100 valence electrons. The van der Waals surface area contributed by atoms with Crippen LogP contribution in [0.2, 0.25) is 10.0 Å². The molecule has 0 aliphatic heterocycles. The van der Waals surface area contributed by atoms with Crippen LogP contribution in [-0.4, -0.2) is 9.97 Å². The van der Waals surface area contributed by atoms with Gasteiger partial charge in [0.25, 0.3) is 0 Å². The van der Waals surface area contributed by atoms with Gasteiger partial charge in [-0.25, -0.2) is 0 Å². The van der Waals surface area contributed by atoms with Gasteiger partial charge in [0.1, 0.15) is 0 Å². The highest BCUT2D eigenvalue weighted by atomic mass is 79.9. The molecule has 19 heavy (non-hydrogen) atoms. The van der Waals surface area contributed by atoms with Crippen molar-refractivity contribution >= 4 is 39.1 Å². The zero-order valence-electron chi connectivity index (χ0n) is 9.78. The quantitative estimate of drug-likeness (QED) is 0.647. The molecule has 2 rings (SSSR count). The van der Waals surface area contributed by atoms with Crippen molar-refractivity contribution in [2.75, 3.05) is 0 Å². The van der Waals surface area contributed by atoms with Crippen LogP contribution in [0.4, 0.5) is 0 Å². The highest BCUT2D eigenvalue weighted by Gasteiger charge is 2.16. The summed E-state index contributed by atoms with van der Waals surface area (Å²) in [6.45, 7) is 0. The number of nitrogens with zero attached hydrogens (tertiary/aromatic N) is 2. The van der Waals surface area contributed by atoms with Gasteiger partial charge in [0.05, 0.1) is 21.8 Å². The number of aromatic nitrogens is 2. The zero-order valence-corrected chi connectivity index (χ0v) is 12.9. The first kappa shape index (κ1) is 14.7. The summed E-state index contributed by atoms with van der Waals surface area (Å²) < 4.78 is 0.913. The SMILES string of the molecule is NNC(Cc1cncc(Br)c1)c1ncc(Cl)cc1Cl. The number of nitrogens with one attached hydrogen (secondary N) is 1. The van der Waals surface area contributed by atoms with Gasteiger partial charge in [-0.05, 0) is 40.0 Å². The van der Waals surface area contributed by atoms with E-state index in [1.165, 1.54) is 0 Å². The predicted molar refractivity (Wildman–Crippen MR) is 80.0 cm³/mol. The molecule has 1 unspecified atom stereocenters. The third kappa shape index (κ3) is 3.87. The molecule has 3 N–H and O–H groups in total. The van der Waals surface area contributed by atoms with E-state index in [2.05, 4.69) is 31.3 Å². The Morgan fingerprint density at radius 3 is 2.68 bits per heavy atom. The highest BCUT2D eigenvalue weighted by Crippen LogP contribution is 2.26. The molecule has 0 aliphatic rings. The summed E-state index contributed by atoms with van der Waals surface area (Å²) in [6.07, 6.45) is 5.67. The molecule has 2 heterocycles. The van der Waals surface area contributed by atoms with E-state index >= 15 is 0 Å². The maximum atomic E-state index is 6.13. The maximum absolute atomic E-state index is 6.13. The van der Waals surface area contributed by atoms with Crippen LogP contribution in [0.3, 0.4) is 0 Å². The van der Waals surface area contributed by atoms with Crippen molar-refractivity contribution in [2.24, 2.45) is 5.84 Å². The molecule has 0 spiro atoms. The van der Waals surface area contributed by atoms with Crippen LogP contribution in [0.1, 0.15) is 17.3 Å². The second-order valence-corrected chi connectivity index (χ2v) is 5.71. The molecular weight excluding hydrogens is 351 g/mol. The molecule has 4 nitrogen and oxygen atoms in total. The number of nitrogens with two attached hydrogens (primary N) is 1. The van der Waals surface area contributed by atoms with E-state index in [1.54, 1.807) is 24.7 Å². The van der Waals surface area contributed by atoms with Gasteiger partial charge in [0.15, 0.2) is 0 Å². The van der Waals surface area contributed by atoms with Crippen LogP contribution in [0.5, 0.6) is 0 Å². The first-order valence-electron chi connectivity index (χ1n) is 5.46. The Morgan fingerprint density at radius 1 is 1.26 bits per heavy atom. The Morgan fingerprint density at radius 2 is 2.05 bits per heavy atom. The van der Waals surface area contributed by atoms with Crippen LogP contribution in [0, 0.1) is 0 Å². The van der Waals surface area contributed by atoms with Gasteiger partial charge >= 0.3 is 0 Å². The molecule has 0 aliphatic carbocycles. The van der Waals surface area contributed by atoms with Crippen molar-refractivity contribution in [1.29, 1.82) is 0 Å². The van der Waals surface area contributed by atoms with Gasteiger partial charge < -0.3 is 0 Å². The second-order valence-electron chi connectivity index (χ2n) is 3.96. The fraction of sp³-hybridized carbons (Fsp3) is 0.167. The third-order valence-electron chi connectivity index (χ3n) is 2.57. The van der Waals surface area contributed by atoms with E-state index in [-0.39, 0.29) is 6.04 Å². The van der Waals surface area contributed by atoms with Crippen LogP contribution >= 0.6 is 39.1 Å². The normalized spacial score (nSPS) is 12.4. The maximum Gasteiger partial charge on any atom is 0.0777 e. The summed E-state index contributed by atoms with van der Waals surface area (Å²) in [5, 5.41) is 0.979. The van der Waals surface area contributed by atoms with Crippen LogP contribution in [0.25, 0.3) is 0 Å². The lowest BCUT2D eigenvalue weighted by molar-refractivity contribution is 0.538. The van der Waals surface area contributed by atoms with Crippen LogP contribution in [-0.2, 0) is 6.42 Å². The predicted octanol–water partition coefficient (Wildman–Crippen LogP) is 3.29. The molecule has 0 aromatic carbocycles. The van der Waals surface area contributed by atoms with E-state index < -0.39 is 0 Å². The molecule has 2 aromatic heterocycles. The lowest BCUT2D eigenvalue weighted by Crippen LogP contribution is -2.30. The summed E-state index contributed by atoms with van der Waals surface area (Å²) in [5.41, 5.74) is 4.39. The average molecular weight is 362 g/mol. The Kier molecular flexibility index (Phi) is 5.13. The largest absolute Gasteiger partial charge is 0.271 e. The van der Waals surface area contributed by atoms with Crippen molar-refractivity contribution in [2.45, 2.75) is 12.5 Å². The molecule has 0 amide bonds. The van der Waals surface area contributed by atoms with Crippen molar-refractivity contribution in [3.8, 4) is 0 Å². The van der Waals surface area contributed by atoms with Crippen LogP contribution < -0.4 is 11.3 Å². The van der Waals surface area contributed by atoms with E-state index in [0.717, 1.165) is 10.0 Å². The van der Waals surface area contributed by atoms with Crippen LogP contribution in [0.15, 0.2) is 35.2 Å². The molecule has 1 atom stereocenters. The van der Waals surface area contributed by atoms with Gasteiger partial charge in [-0.1, -0.05) is 23.2 Å². The van der Waals surface area contributed by atoms with Crippen molar-refractivity contribution in [3.63, 3.8) is 0 Å². The van der Waals surface area contributed by atoms with Crippen molar-refractivity contribution in [3.05, 3.63) is 56.5 Å². The Bertz CT molecular complexity index is 579. The number of pyridine rings is 2. The summed E-state index contributed by atoms with van der Waals surface area (Å²) in [5.74, 6) is 5.58. The number of hydrogen-bond donors (Lipinski definition) is 2. The molecule has 0 saturated carbocycles. The highest BCUT2D eigenvalue weighted by molar-refractivity contribution is 9.10. The van der Waals surface area contributed by atoms with Gasteiger partial charge in [0, 0.05) is 23.1 Å². The van der Waals surface area contributed by atoms with E-state index in [4.69, 9.17) is 29.0 Å². The van der Waals surface area contributed by atoms with Gasteiger partial charge in [-0.3, -0.25) is 21.2 Å². The summed E-state index contributed by atoms with van der Waals surface area (Å²) in [6, 6.07) is 3.41. The topological polar surface area (TPSA) is 63.8 Å². The Balaban J connectivity index is 2.25. The number of rotatable bonds is 4. The number of halogens is 3. The Labute approximate surface area is 129 Å². The van der Waals surface area contributed by atoms with Crippen molar-refractivity contribution < 1.29 is 0 Å². The minimum Gasteiger partial charge on any atom is -0.271 e. The van der Waals surface area contributed by atoms with E-state index in [9.17, 15) is 0 Å². The summed E-state index contributed by atoms with van der Waals surface area (Å²) in [7, 11) is 0. The molecular formula is C12H11BrCl2N4. The molecule has 0 saturated heterocycles. The smallest absolute Gasteiger partial charge is 0.0777 e. The van der Waals surface area contributed by atoms with Gasteiger partial charge in [-0.15, -0.1) is 0 Å². The standard InChI is InChI=1S/C12H11BrCl2N4/c13-8-1-7(4-17-5-8)2-11(19-16)12-10(15)3-9(14)6-18-12/h1,3-6,11,19H,2,16H2. The van der Waals surface area contributed by atoms with Gasteiger partial charge in [-0.2, -0.15) is 0 Å². The lowest BCUT2D eigenvalue weighted by atomic mass is 10.0. The fourth-order valence-corrected chi connectivity index (χ4v) is 2.64. The zero-order chi connectivity index (χ0) is 13.8. The Hall–Kier alpha value is -0.720. The minimum absolute atomic E-state index is 0.208. The molecule has 2 aromatic rings. The first-order chi connectivity index (χ1) is 9.10. The minimum atomic E-state index is -0.208. The average Bonchev–Trinajstić information content (AvgIpc) is 2.37. The van der Waals surface area contributed by atoms with E-state index in [1.807, 2.05) is 6.07 Å². The molecule has 0 fully saturated rings. The monoisotopic (exact) mass is 360 g/mol. The summed E-state index contributed by atoms with van der Waals surface area (Å²) >= 11 is 15.3. The number of hydrazine groups is 1.